The average molecular weight is 179 g/mol. The second kappa shape index (κ2) is 4.87. The Hall–Kier alpha value is -1.02. The molecule has 0 aromatic heterocycles. The number of hydrogen-bond donors (Lipinski definition) is 2. The van der Waals surface area contributed by atoms with Crippen molar-refractivity contribution in [2.24, 2.45) is 0 Å². The SMILES string of the molecule is CNCCCc1ccc(C)c(O)c1. The van der Waals surface area contributed by atoms with Gasteiger partial charge in [0.15, 0.2) is 0 Å². The Bertz CT molecular complexity index is 271. The fourth-order valence-corrected chi connectivity index (χ4v) is 1.28. The normalized spacial score (nSPS) is 10.3. The molecule has 0 atom stereocenters. The fourth-order valence-electron chi connectivity index (χ4n) is 1.28. The molecule has 0 bridgehead atoms. The molecule has 0 spiro atoms. The molecule has 1 rings (SSSR count). The van der Waals surface area contributed by atoms with Gasteiger partial charge >= 0.3 is 0 Å². The van der Waals surface area contributed by atoms with Crippen molar-refractivity contribution >= 4 is 0 Å². The molecule has 1 aromatic rings. The molecule has 0 saturated carbocycles. The summed E-state index contributed by atoms with van der Waals surface area (Å²) in [4.78, 5) is 0. The van der Waals surface area contributed by atoms with Crippen LogP contribution in [0, 0.1) is 6.92 Å². The second-order valence-electron chi connectivity index (χ2n) is 3.33. The van der Waals surface area contributed by atoms with Gasteiger partial charge in [0.05, 0.1) is 0 Å². The zero-order chi connectivity index (χ0) is 9.68. The highest BCUT2D eigenvalue weighted by Gasteiger charge is 1.97. The van der Waals surface area contributed by atoms with Crippen molar-refractivity contribution < 1.29 is 5.11 Å². The van der Waals surface area contributed by atoms with E-state index < -0.39 is 0 Å². The predicted molar refractivity (Wildman–Crippen MR) is 55.1 cm³/mol. The van der Waals surface area contributed by atoms with Gasteiger partial charge in [-0.25, -0.2) is 0 Å². The summed E-state index contributed by atoms with van der Waals surface area (Å²) in [5.74, 6) is 0.405. The van der Waals surface area contributed by atoms with Crippen LogP contribution in [0.4, 0.5) is 0 Å². The topological polar surface area (TPSA) is 32.3 Å². The Labute approximate surface area is 79.6 Å². The third kappa shape index (κ3) is 3.07. The fraction of sp³-hybridized carbons (Fsp3) is 0.455. The quantitative estimate of drug-likeness (QED) is 0.691. The van der Waals surface area contributed by atoms with Crippen molar-refractivity contribution in [1.82, 2.24) is 5.32 Å². The van der Waals surface area contributed by atoms with E-state index in [0.29, 0.717) is 5.75 Å². The van der Waals surface area contributed by atoms with Crippen LogP contribution < -0.4 is 5.32 Å². The molecule has 2 nitrogen and oxygen atoms in total. The maximum Gasteiger partial charge on any atom is 0.118 e. The maximum absolute atomic E-state index is 9.44. The maximum atomic E-state index is 9.44. The van der Waals surface area contributed by atoms with E-state index in [4.69, 9.17) is 0 Å². The van der Waals surface area contributed by atoms with Crippen LogP contribution in [0.5, 0.6) is 5.75 Å². The van der Waals surface area contributed by atoms with Gasteiger partial charge in [0.2, 0.25) is 0 Å². The van der Waals surface area contributed by atoms with Crippen molar-refractivity contribution in [3.8, 4) is 5.75 Å². The van der Waals surface area contributed by atoms with Crippen LogP contribution in [0.3, 0.4) is 0 Å². The molecule has 0 amide bonds. The number of benzene rings is 1. The Kier molecular flexibility index (Phi) is 3.77. The number of aromatic hydroxyl groups is 1. The molecular formula is C11H17NO. The van der Waals surface area contributed by atoms with Gasteiger partial charge in [-0.05, 0) is 50.6 Å². The summed E-state index contributed by atoms with van der Waals surface area (Å²) in [5, 5.41) is 12.5. The molecule has 72 valence electrons. The number of nitrogens with one attached hydrogen (secondary N) is 1. The van der Waals surface area contributed by atoms with E-state index in [2.05, 4.69) is 11.4 Å². The van der Waals surface area contributed by atoms with E-state index in [1.807, 2.05) is 26.1 Å². The lowest BCUT2D eigenvalue weighted by Crippen LogP contribution is -2.08. The third-order valence-electron chi connectivity index (χ3n) is 2.17. The lowest BCUT2D eigenvalue weighted by Gasteiger charge is -2.03. The van der Waals surface area contributed by atoms with Crippen LogP contribution in [0.15, 0.2) is 18.2 Å². The summed E-state index contributed by atoms with van der Waals surface area (Å²) in [7, 11) is 1.95. The third-order valence-corrected chi connectivity index (χ3v) is 2.17. The van der Waals surface area contributed by atoms with E-state index in [-0.39, 0.29) is 0 Å². The molecule has 0 heterocycles. The minimum absolute atomic E-state index is 0.405. The molecule has 0 saturated heterocycles. The zero-order valence-corrected chi connectivity index (χ0v) is 8.30. The highest BCUT2D eigenvalue weighted by Crippen LogP contribution is 2.17. The first-order valence-corrected chi connectivity index (χ1v) is 4.67. The Morgan fingerprint density at radius 3 is 2.77 bits per heavy atom. The van der Waals surface area contributed by atoms with Gasteiger partial charge in [-0.2, -0.15) is 0 Å². The largest absolute Gasteiger partial charge is 0.508 e. The Morgan fingerprint density at radius 1 is 1.38 bits per heavy atom. The molecule has 1 aromatic carbocycles. The van der Waals surface area contributed by atoms with Gasteiger partial charge in [0.25, 0.3) is 0 Å². The Balaban J connectivity index is 2.53. The average Bonchev–Trinajstić information content (AvgIpc) is 2.12. The summed E-state index contributed by atoms with van der Waals surface area (Å²) >= 11 is 0. The lowest BCUT2D eigenvalue weighted by atomic mass is 10.1. The van der Waals surface area contributed by atoms with E-state index >= 15 is 0 Å². The number of phenolic OH excluding ortho intramolecular Hbond substituents is 1. The molecule has 0 radical (unpaired) electrons. The second-order valence-corrected chi connectivity index (χ2v) is 3.33. The van der Waals surface area contributed by atoms with Gasteiger partial charge in [0, 0.05) is 0 Å². The van der Waals surface area contributed by atoms with Crippen LogP contribution >= 0.6 is 0 Å². The molecule has 2 N–H and O–H groups in total. The number of phenols is 1. The van der Waals surface area contributed by atoms with E-state index in [1.54, 1.807) is 0 Å². The van der Waals surface area contributed by atoms with Gasteiger partial charge in [0.1, 0.15) is 5.75 Å². The summed E-state index contributed by atoms with van der Waals surface area (Å²) in [6.45, 7) is 2.93. The molecule has 2 heteroatoms. The molecule has 0 fully saturated rings. The number of hydrogen-bond acceptors (Lipinski definition) is 2. The molecule has 0 aliphatic rings. The monoisotopic (exact) mass is 179 g/mol. The van der Waals surface area contributed by atoms with E-state index in [0.717, 1.165) is 24.9 Å². The summed E-state index contributed by atoms with van der Waals surface area (Å²) in [6, 6.07) is 5.89. The Morgan fingerprint density at radius 2 is 2.15 bits per heavy atom. The van der Waals surface area contributed by atoms with Gasteiger partial charge in [-0.1, -0.05) is 12.1 Å². The van der Waals surface area contributed by atoms with Crippen LogP contribution in [-0.4, -0.2) is 18.7 Å². The van der Waals surface area contributed by atoms with Crippen molar-refractivity contribution in [3.05, 3.63) is 29.3 Å². The highest BCUT2D eigenvalue weighted by molar-refractivity contribution is 5.35. The summed E-state index contributed by atoms with van der Waals surface area (Å²) in [6.07, 6.45) is 2.13. The molecule has 0 aliphatic heterocycles. The van der Waals surface area contributed by atoms with Crippen molar-refractivity contribution in [2.75, 3.05) is 13.6 Å². The van der Waals surface area contributed by atoms with Crippen LogP contribution in [-0.2, 0) is 6.42 Å². The van der Waals surface area contributed by atoms with Crippen molar-refractivity contribution in [2.45, 2.75) is 19.8 Å². The van der Waals surface area contributed by atoms with Crippen LogP contribution in [0.1, 0.15) is 17.5 Å². The highest BCUT2D eigenvalue weighted by atomic mass is 16.3. The molecule has 0 aliphatic carbocycles. The van der Waals surface area contributed by atoms with Crippen LogP contribution in [0.25, 0.3) is 0 Å². The smallest absolute Gasteiger partial charge is 0.118 e. The standard InChI is InChI=1S/C11H17NO/c1-9-5-6-10(8-11(9)13)4-3-7-12-2/h5-6,8,12-13H,3-4,7H2,1-2H3. The zero-order valence-electron chi connectivity index (χ0n) is 8.30. The predicted octanol–water partition coefficient (Wildman–Crippen LogP) is 1.85. The van der Waals surface area contributed by atoms with E-state index in [9.17, 15) is 5.11 Å². The molecular weight excluding hydrogens is 162 g/mol. The minimum atomic E-state index is 0.405. The first-order valence-electron chi connectivity index (χ1n) is 4.67. The molecule has 0 unspecified atom stereocenters. The van der Waals surface area contributed by atoms with Crippen molar-refractivity contribution in [1.29, 1.82) is 0 Å². The minimum Gasteiger partial charge on any atom is -0.508 e. The van der Waals surface area contributed by atoms with E-state index in [1.165, 1.54) is 5.56 Å². The first-order chi connectivity index (χ1) is 6.24. The number of aryl methyl sites for hydroxylation is 2. The summed E-state index contributed by atoms with van der Waals surface area (Å²) < 4.78 is 0. The van der Waals surface area contributed by atoms with Gasteiger partial charge in [-0.3, -0.25) is 0 Å². The lowest BCUT2D eigenvalue weighted by molar-refractivity contribution is 0.470. The van der Waals surface area contributed by atoms with Crippen LogP contribution in [0.2, 0.25) is 0 Å². The first kappa shape index (κ1) is 10.1. The number of rotatable bonds is 4. The van der Waals surface area contributed by atoms with Crippen molar-refractivity contribution in [3.63, 3.8) is 0 Å². The van der Waals surface area contributed by atoms with Gasteiger partial charge in [-0.15, -0.1) is 0 Å². The summed E-state index contributed by atoms with van der Waals surface area (Å²) in [5.41, 5.74) is 2.15. The van der Waals surface area contributed by atoms with Gasteiger partial charge < -0.3 is 10.4 Å². The molecule has 13 heavy (non-hydrogen) atoms.